The number of nitrogen functional groups attached to an aromatic ring is 1. The highest BCUT2D eigenvalue weighted by Crippen LogP contribution is 2.38. The average Bonchev–Trinajstić information content (AvgIpc) is 3.86. The normalized spacial score (nSPS) is 19.5. The molecule has 0 aliphatic carbocycles. The Bertz CT molecular complexity index is 2240. The molecule has 2 atom stereocenters. The molecule has 324 valence electrons. The number of aromatic nitrogens is 3. The van der Waals surface area contributed by atoms with E-state index < -0.39 is 18.0 Å². The van der Waals surface area contributed by atoms with Crippen molar-refractivity contribution in [1.29, 1.82) is 0 Å². The van der Waals surface area contributed by atoms with E-state index in [0.717, 1.165) is 81.0 Å². The number of carbonyl (C=O) groups excluding carboxylic acids is 3. The van der Waals surface area contributed by atoms with Gasteiger partial charge in [0, 0.05) is 103 Å². The minimum Gasteiger partial charge on any atom is -0.482 e. The Labute approximate surface area is 366 Å². The molecule has 16 heteroatoms. The van der Waals surface area contributed by atoms with Crippen LogP contribution in [0.2, 0.25) is 10.0 Å². The molecule has 0 bridgehead atoms. The van der Waals surface area contributed by atoms with Gasteiger partial charge in [-0.1, -0.05) is 48.5 Å². The number of nitrogens with two attached hydrogens (primary N) is 1. The summed E-state index contributed by atoms with van der Waals surface area (Å²) in [5.41, 5.74) is 10.8. The number of carbonyl (C=O) groups is 3. The SMILES string of the molecule is C[C@@H](Oc1cc(-c2cnn(C3CCN(CCCCCCCN4CC(CNc5cccc6c5CN(C5CCC(=O)NC5=O)C6=O)C4)CC3)c2)cnc1N)c1c(Cl)ccc(F)c1Cl. The molecule has 3 amide bonds. The zero-order chi connectivity index (χ0) is 42.6. The maximum Gasteiger partial charge on any atom is 0.255 e. The van der Waals surface area contributed by atoms with Crippen molar-refractivity contribution in [3.05, 3.63) is 87.5 Å². The van der Waals surface area contributed by atoms with Gasteiger partial charge in [-0.25, -0.2) is 9.37 Å². The quantitative estimate of drug-likeness (QED) is 0.0553. The number of likely N-dealkylation sites (tertiary alicyclic amines) is 2. The first-order valence-electron chi connectivity index (χ1n) is 21.6. The van der Waals surface area contributed by atoms with Crippen LogP contribution in [0.5, 0.6) is 5.75 Å². The van der Waals surface area contributed by atoms with Crippen LogP contribution >= 0.6 is 23.2 Å². The van der Waals surface area contributed by atoms with Gasteiger partial charge in [0.15, 0.2) is 11.6 Å². The molecule has 6 heterocycles. The predicted molar refractivity (Wildman–Crippen MR) is 234 cm³/mol. The molecule has 4 aliphatic rings. The number of piperidine rings is 2. The number of nitrogens with one attached hydrogen (secondary N) is 2. The average molecular weight is 875 g/mol. The first-order valence-corrected chi connectivity index (χ1v) is 22.3. The molecule has 2 aromatic carbocycles. The van der Waals surface area contributed by atoms with Crippen LogP contribution in [-0.2, 0) is 16.1 Å². The van der Waals surface area contributed by atoms with E-state index in [-0.39, 0.29) is 35.0 Å². The summed E-state index contributed by atoms with van der Waals surface area (Å²) in [5, 5.41) is 10.9. The molecule has 1 unspecified atom stereocenters. The molecule has 4 aromatic rings. The van der Waals surface area contributed by atoms with Crippen LogP contribution in [-0.4, -0.2) is 99.0 Å². The highest BCUT2D eigenvalue weighted by atomic mass is 35.5. The highest BCUT2D eigenvalue weighted by Gasteiger charge is 2.40. The van der Waals surface area contributed by atoms with Crippen LogP contribution in [0.4, 0.5) is 15.9 Å². The number of halogens is 3. The minimum absolute atomic E-state index is 0.0790. The molecule has 61 heavy (non-hydrogen) atoms. The second-order valence-electron chi connectivity index (χ2n) is 16.9. The smallest absolute Gasteiger partial charge is 0.255 e. The molecular formula is C45H54Cl2FN9O4. The number of imide groups is 1. The van der Waals surface area contributed by atoms with Crippen molar-refractivity contribution in [1.82, 2.24) is 34.8 Å². The van der Waals surface area contributed by atoms with Gasteiger partial charge < -0.3 is 30.5 Å². The minimum atomic E-state index is -0.659. The van der Waals surface area contributed by atoms with E-state index in [1.807, 2.05) is 30.5 Å². The molecule has 0 spiro atoms. The van der Waals surface area contributed by atoms with Gasteiger partial charge in [0.1, 0.15) is 18.0 Å². The van der Waals surface area contributed by atoms with Crippen LogP contribution in [0.25, 0.3) is 11.1 Å². The topological polar surface area (TPSA) is 151 Å². The van der Waals surface area contributed by atoms with E-state index >= 15 is 0 Å². The van der Waals surface area contributed by atoms with E-state index in [9.17, 15) is 18.8 Å². The Morgan fingerprint density at radius 3 is 2.49 bits per heavy atom. The fraction of sp³-hybridized carbons (Fsp3) is 0.489. The van der Waals surface area contributed by atoms with Crippen molar-refractivity contribution < 1.29 is 23.5 Å². The molecule has 4 N–H and O–H groups in total. The van der Waals surface area contributed by atoms with Crippen molar-refractivity contribution in [2.45, 2.75) is 89.4 Å². The standard InChI is InChI=1S/C45H54Cl2FN9O4/c1-28(41-35(46)10-11-36(48)42(41)47)61-39-20-30(22-51-43(39)49)31-23-52-57(26-31)32-14-18-54(19-15-32)16-5-3-2-4-6-17-55-24-29(25-55)21-50-37-9-7-8-33-34(37)27-56(45(33)60)38-12-13-40(58)53-44(38)59/h7-11,20,22-23,26,28-29,32,38,50H,2-6,12-19,21,24-25,27H2,1H3,(H2,49,51)(H,53,58,59)/t28-,38?/m1/s1. The van der Waals surface area contributed by atoms with E-state index in [1.54, 1.807) is 18.0 Å². The van der Waals surface area contributed by atoms with E-state index in [4.69, 9.17) is 38.8 Å². The van der Waals surface area contributed by atoms with Gasteiger partial charge in [0.2, 0.25) is 11.8 Å². The van der Waals surface area contributed by atoms with Crippen LogP contribution < -0.4 is 21.1 Å². The van der Waals surface area contributed by atoms with Crippen LogP contribution in [0.15, 0.2) is 55.0 Å². The van der Waals surface area contributed by atoms with Gasteiger partial charge in [0.25, 0.3) is 5.91 Å². The Morgan fingerprint density at radius 1 is 0.967 bits per heavy atom. The number of nitrogens with zero attached hydrogens (tertiary/aromatic N) is 6. The lowest BCUT2D eigenvalue weighted by Gasteiger charge is -2.39. The van der Waals surface area contributed by atoms with E-state index in [2.05, 4.69) is 36.3 Å². The number of hydrogen-bond acceptors (Lipinski definition) is 10. The number of anilines is 2. The maximum atomic E-state index is 14.2. The molecule has 4 aliphatic heterocycles. The lowest BCUT2D eigenvalue weighted by Crippen LogP contribution is -2.52. The summed E-state index contributed by atoms with van der Waals surface area (Å²) in [6.07, 6.45) is 13.9. The zero-order valence-corrected chi connectivity index (χ0v) is 36.1. The number of pyridine rings is 1. The van der Waals surface area contributed by atoms with Gasteiger partial charge in [-0.15, -0.1) is 0 Å². The Balaban J connectivity index is 0.689. The van der Waals surface area contributed by atoms with E-state index in [1.165, 1.54) is 44.2 Å². The summed E-state index contributed by atoms with van der Waals surface area (Å²) >= 11 is 12.5. The monoisotopic (exact) mass is 873 g/mol. The summed E-state index contributed by atoms with van der Waals surface area (Å²) in [7, 11) is 0. The second-order valence-corrected chi connectivity index (χ2v) is 17.7. The lowest BCUT2D eigenvalue weighted by atomic mass is 9.98. The zero-order valence-electron chi connectivity index (χ0n) is 34.6. The fourth-order valence-corrected chi connectivity index (χ4v) is 9.84. The maximum absolute atomic E-state index is 14.2. The van der Waals surface area contributed by atoms with Gasteiger partial charge >= 0.3 is 0 Å². The largest absolute Gasteiger partial charge is 0.482 e. The fourth-order valence-electron chi connectivity index (χ4n) is 9.16. The summed E-state index contributed by atoms with van der Waals surface area (Å²) in [6.45, 7) is 9.52. The molecule has 0 saturated carbocycles. The Morgan fingerprint density at radius 2 is 1.72 bits per heavy atom. The lowest BCUT2D eigenvalue weighted by molar-refractivity contribution is -0.136. The number of amides is 3. The number of fused-ring (bicyclic) bond motifs is 1. The molecule has 3 saturated heterocycles. The van der Waals surface area contributed by atoms with Crippen LogP contribution in [0, 0.1) is 11.7 Å². The van der Waals surface area contributed by atoms with Gasteiger partial charge in [0.05, 0.1) is 17.3 Å². The first-order chi connectivity index (χ1) is 29.5. The third-order valence-electron chi connectivity index (χ3n) is 12.7. The van der Waals surface area contributed by atoms with Gasteiger partial charge in [-0.3, -0.25) is 24.4 Å². The van der Waals surface area contributed by atoms with Crippen molar-refractivity contribution in [3.63, 3.8) is 0 Å². The summed E-state index contributed by atoms with van der Waals surface area (Å²) in [4.78, 5) is 48.3. The van der Waals surface area contributed by atoms with Crippen molar-refractivity contribution in [2.75, 3.05) is 56.9 Å². The van der Waals surface area contributed by atoms with Gasteiger partial charge in [-0.05, 0) is 82.4 Å². The predicted octanol–water partition coefficient (Wildman–Crippen LogP) is 7.51. The number of hydrogen-bond donors (Lipinski definition) is 3. The Hall–Kier alpha value is -4.76. The molecule has 0 radical (unpaired) electrons. The number of unbranched alkanes of at least 4 members (excludes halogenated alkanes) is 4. The Kier molecular flexibility index (Phi) is 13.4. The number of rotatable bonds is 17. The van der Waals surface area contributed by atoms with Crippen LogP contribution in [0.1, 0.15) is 98.3 Å². The summed E-state index contributed by atoms with van der Waals surface area (Å²) < 4.78 is 22.3. The number of benzene rings is 2. The molecule has 3 fully saturated rings. The molecule has 13 nitrogen and oxygen atoms in total. The third kappa shape index (κ3) is 9.83. The molecule has 2 aromatic heterocycles. The molecule has 8 rings (SSSR count). The second kappa shape index (κ2) is 19.1. The summed E-state index contributed by atoms with van der Waals surface area (Å²) in [6, 6.07) is 9.96. The van der Waals surface area contributed by atoms with Crippen LogP contribution in [0.3, 0.4) is 0 Å². The van der Waals surface area contributed by atoms with E-state index in [0.29, 0.717) is 46.8 Å². The molecular weight excluding hydrogens is 820 g/mol. The van der Waals surface area contributed by atoms with Crippen molar-refractivity contribution in [3.8, 4) is 16.9 Å². The third-order valence-corrected chi connectivity index (χ3v) is 13.4. The van der Waals surface area contributed by atoms with Crippen molar-refractivity contribution in [2.24, 2.45) is 5.92 Å². The van der Waals surface area contributed by atoms with Crippen molar-refractivity contribution >= 4 is 52.4 Å². The summed E-state index contributed by atoms with van der Waals surface area (Å²) in [5.74, 6) is -0.235. The highest BCUT2D eigenvalue weighted by molar-refractivity contribution is 6.36. The first kappa shape index (κ1) is 42.9. The number of ether oxygens (including phenoxy) is 1. The van der Waals surface area contributed by atoms with Gasteiger partial charge in [-0.2, -0.15) is 5.10 Å².